The molecule has 2 heterocycles. The Labute approximate surface area is 390 Å². The van der Waals surface area contributed by atoms with Crippen LogP contribution in [0.2, 0.25) is 0 Å². The molecule has 67 heavy (non-hydrogen) atoms. The predicted octanol–water partition coefficient (Wildman–Crippen LogP) is -0.205. The van der Waals surface area contributed by atoms with Crippen molar-refractivity contribution in [3.8, 4) is 0 Å². The molecule has 1 aromatic rings. The molecule has 2 aliphatic carbocycles. The van der Waals surface area contributed by atoms with Crippen LogP contribution < -0.4 is 16.0 Å². The van der Waals surface area contributed by atoms with Crippen molar-refractivity contribution in [3.63, 3.8) is 0 Å². The summed E-state index contributed by atoms with van der Waals surface area (Å²) >= 11 is 0. The third-order valence-electron chi connectivity index (χ3n) is 13.0. The maximum Gasteiger partial charge on any atom is 0.332 e. The minimum absolute atomic E-state index is 0.0327. The van der Waals surface area contributed by atoms with E-state index in [1.165, 1.54) is 13.8 Å². The second kappa shape index (κ2) is 26.8. The van der Waals surface area contributed by atoms with E-state index in [9.17, 15) is 54.6 Å². The fourth-order valence-electron chi connectivity index (χ4n) is 9.29. The van der Waals surface area contributed by atoms with Crippen molar-refractivity contribution in [1.82, 2.24) is 16.0 Å². The normalized spacial score (nSPS) is 33.0. The van der Waals surface area contributed by atoms with Gasteiger partial charge in [-0.25, -0.2) is 4.79 Å². The van der Waals surface area contributed by atoms with Crippen molar-refractivity contribution in [2.75, 3.05) is 32.9 Å². The van der Waals surface area contributed by atoms with Gasteiger partial charge in [0.1, 0.15) is 55.9 Å². The highest BCUT2D eigenvalue weighted by atomic mass is 16.7. The fraction of sp³-hybridized carbons (Fsp3) is 0.761. The number of benzene rings is 1. The van der Waals surface area contributed by atoms with E-state index in [4.69, 9.17) is 33.2 Å². The van der Waals surface area contributed by atoms with Crippen LogP contribution in [0.5, 0.6) is 0 Å². The van der Waals surface area contributed by atoms with Gasteiger partial charge in [-0.2, -0.15) is 0 Å². The summed E-state index contributed by atoms with van der Waals surface area (Å²) in [6.45, 7) is 3.66. The lowest BCUT2D eigenvalue weighted by Crippen LogP contribution is -2.67. The highest BCUT2D eigenvalue weighted by Crippen LogP contribution is 2.40. The van der Waals surface area contributed by atoms with Gasteiger partial charge in [0.2, 0.25) is 17.7 Å². The number of carboxylic acid groups (broad SMARTS) is 1. The van der Waals surface area contributed by atoms with Gasteiger partial charge in [0.25, 0.3) is 0 Å². The van der Waals surface area contributed by atoms with E-state index in [2.05, 4.69) is 16.0 Å². The Hall–Kier alpha value is -3.87. The summed E-state index contributed by atoms with van der Waals surface area (Å²) < 4.78 is 41.6. The average molecular weight is 954 g/mol. The van der Waals surface area contributed by atoms with E-state index in [0.717, 1.165) is 37.7 Å². The maximum absolute atomic E-state index is 13.8. The molecule has 1 aromatic carbocycles. The Bertz CT molecular complexity index is 1720. The van der Waals surface area contributed by atoms with Gasteiger partial charge in [0, 0.05) is 25.9 Å². The Morgan fingerprint density at radius 2 is 1.57 bits per heavy atom. The minimum atomic E-state index is -1.69. The molecule has 2 saturated carbocycles. The SMILES string of the molecule is CCC1CC(C(=O)NCCNC(=O)COCCC(=O)OCc2ccccc2)C[C@@H](O[C@@H]2OC(CO)[C@H](O)C(O[C@@H](CC3CCCCC3)C(=O)O)C2NC(C)=O)C1O[C@@H]1OC(C)[C@@H](O)C(O)C1O. The number of nitrogens with one attached hydrogen (secondary N) is 3. The first-order valence-corrected chi connectivity index (χ1v) is 23.5. The summed E-state index contributed by atoms with van der Waals surface area (Å²) in [7, 11) is 0. The zero-order chi connectivity index (χ0) is 48.6. The van der Waals surface area contributed by atoms with E-state index in [0.29, 0.717) is 6.42 Å². The summed E-state index contributed by atoms with van der Waals surface area (Å²) in [5.74, 6) is -4.35. The number of carbonyl (C=O) groups is 5. The molecule has 4 aliphatic rings. The van der Waals surface area contributed by atoms with Crippen LogP contribution in [0.1, 0.15) is 90.5 Å². The van der Waals surface area contributed by atoms with Crippen molar-refractivity contribution in [3.05, 3.63) is 35.9 Å². The number of rotatable bonds is 23. The molecule has 3 amide bonds. The summed E-state index contributed by atoms with van der Waals surface area (Å²) in [4.78, 5) is 63.7. The van der Waals surface area contributed by atoms with Crippen LogP contribution in [-0.2, 0) is 63.7 Å². The third kappa shape index (κ3) is 15.8. The van der Waals surface area contributed by atoms with Gasteiger partial charge in [0.15, 0.2) is 18.7 Å². The molecule has 0 spiro atoms. The van der Waals surface area contributed by atoms with Crippen molar-refractivity contribution >= 4 is 29.7 Å². The third-order valence-corrected chi connectivity index (χ3v) is 13.0. The van der Waals surface area contributed by atoms with E-state index < -0.39 is 128 Å². The Kier molecular flexibility index (Phi) is 21.6. The number of carboxylic acids is 1. The quantitative estimate of drug-likeness (QED) is 0.0507. The molecular weight excluding hydrogens is 883 g/mol. The van der Waals surface area contributed by atoms with Gasteiger partial charge in [-0.1, -0.05) is 75.8 Å². The van der Waals surface area contributed by atoms with Crippen molar-refractivity contribution < 1.29 is 87.8 Å². The second-order valence-electron chi connectivity index (χ2n) is 18.0. The molecule has 2 aliphatic heterocycles. The van der Waals surface area contributed by atoms with Crippen LogP contribution in [-0.4, -0.2) is 173 Å². The Morgan fingerprint density at radius 1 is 0.851 bits per heavy atom. The topological polar surface area (TPSA) is 307 Å². The molecule has 9 N–H and O–H groups in total. The number of carbonyl (C=O) groups excluding carboxylic acids is 4. The number of esters is 1. The molecule has 0 radical (unpaired) electrons. The van der Waals surface area contributed by atoms with E-state index in [1.54, 1.807) is 0 Å². The lowest BCUT2D eigenvalue weighted by atomic mass is 9.75. The minimum Gasteiger partial charge on any atom is -0.479 e. The number of ether oxygens (including phenoxy) is 7. The number of aliphatic hydroxyl groups is 5. The molecule has 0 bridgehead atoms. The first-order valence-electron chi connectivity index (χ1n) is 23.5. The lowest BCUT2D eigenvalue weighted by Gasteiger charge is -2.49. The Morgan fingerprint density at radius 3 is 2.24 bits per heavy atom. The molecular formula is C46H71N3O18. The zero-order valence-corrected chi connectivity index (χ0v) is 38.5. The first-order chi connectivity index (χ1) is 32.1. The first kappa shape index (κ1) is 54.1. The summed E-state index contributed by atoms with van der Waals surface area (Å²) in [6, 6.07) is 7.85. The van der Waals surface area contributed by atoms with Crippen molar-refractivity contribution in [2.24, 2.45) is 17.8 Å². The highest BCUT2D eigenvalue weighted by molar-refractivity contribution is 5.79. The van der Waals surface area contributed by atoms with Crippen LogP contribution in [0.3, 0.4) is 0 Å². The molecule has 9 unspecified atom stereocenters. The van der Waals surface area contributed by atoms with Crippen LogP contribution in [0.4, 0.5) is 0 Å². The van der Waals surface area contributed by atoms with Gasteiger partial charge in [0.05, 0.1) is 37.9 Å². The Balaban J connectivity index is 1.26. The van der Waals surface area contributed by atoms with Gasteiger partial charge in [-0.3, -0.25) is 19.2 Å². The van der Waals surface area contributed by atoms with Crippen LogP contribution in [0.25, 0.3) is 0 Å². The molecule has 378 valence electrons. The van der Waals surface area contributed by atoms with Crippen molar-refractivity contribution in [1.29, 1.82) is 0 Å². The fourth-order valence-corrected chi connectivity index (χ4v) is 9.29. The number of hydrogen-bond acceptors (Lipinski definition) is 17. The van der Waals surface area contributed by atoms with E-state index in [1.807, 2.05) is 37.3 Å². The van der Waals surface area contributed by atoms with E-state index in [-0.39, 0.29) is 64.5 Å². The van der Waals surface area contributed by atoms with Crippen LogP contribution in [0.15, 0.2) is 30.3 Å². The molecule has 15 atom stereocenters. The monoisotopic (exact) mass is 953 g/mol. The molecule has 21 nitrogen and oxygen atoms in total. The number of aliphatic hydroxyl groups excluding tert-OH is 5. The summed E-state index contributed by atoms with van der Waals surface area (Å²) in [5, 5.41) is 72.3. The van der Waals surface area contributed by atoms with Crippen LogP contribution in [0, 0.1) is 17.8 Å². The van der Waals surface area contributed by atoms with Gasteiger partial charge in [-0.05, 0) is 43.6 Å². The highest BCUT2D eigenvalue weighted by Gasteiger charge is 2.53. The summed E-state index contributed by atoms with van der Waals surface area (Å²) in [6.07, 6.45) is -11.3. The maximum atomic E-state index is 13.8. The molecule has 21 heteroatoms. The average Bonchev–Trinajstić information content (AvgIpc) is 3.31. The zero-order valence-electron chi connectivity index (χ0n) is 38.5. The molecule has 5 rings (SSSR count). The number of amides is 3. The van der Waals surface area contributed by atoms with Gasteiger partial charge in [-0.15, -0.1) is 0 Å². The standard InChI is InChI=1S/C46H71N3O18/c1-4-29-20-30(43(58)48-17-16-47-34(52)24-61-18-15-35(53)62-23-28-13-9-6-10-14-28)21-31(41(29)67-46-40(57)39(56)37(54)25(2)63-46)65-45-36(49-26(3)51)42(38(55)33(22-50)66-45)64-32(44(59)60)19-27-11-7-5-8-12-27/h6,9-10,13-14,25,27,29-33,36-42,45-46,50,54-57H,4-5,7-8,11-12,15-24H2,1-3H3,(H,47,52)(H,48,58)(H,49,51)(H,59,60)/t25?,29?,30?,31-,32+,33?,36?,37-,38+,39?,40?,41?,42?,45-,46+/m1/s1. The molecule has 0 aromatic heterocycles. The summed E-state index contributed by atoms with van der Waals surface area (Å²) in [5.41, 5.74) is 0.842. The largest absolute Gasteiger partial charge is 0.479 e. The second-order valence-corrected chi connectivity index (χ2v) is 18.0. The predicted molar refractivity (Wildman–Crippen MR) is 233 cm³/mol. The smallest absolute Gasteiger partial charge is 0.332 e. The van der Waals surface area contributed by atoms with Crippen LogP contribution >= 0.6 is 0 Å². The van der Waals surface area contributed by atoms with Gasteiger partial charge < -0.3 is 79.7 Å². The number of hydrogen-bond donors (Lipinski definition) is 9. The van der Waals surface area contributed by atoms with Gasteiger partial charge >= 0.3 is 11.9 Å². The lowest BCUT2D eigenvalue weighted by molar-refractivity contribution is -0.338. The van der Waals surface area contributed by atoms with E-state index >= 15 is 0 Å². The number of aliphatic carboxylic acids is 1. The molecule has 2 saturated heterocycles. The molecule has 4 fully saturated rings. The van der Waals surface area contributed by atoms with Crippen molar-refractivity contribution in [2.45, 2.75) is 171 Å².